The Morgan fingerprint density at radius 3 is 1.37 bits per heavy atom. The van der Waals surface area contributed by atoms with E-state index in [1.165, 1.54) is 121 Å². The Balaban J connectivity index is 1.20. The van der Waals surface area contributed by atoms with Gasteiger partial charge in [-0.3, -0.25) is 0 Å². The van der Waals surface area contributed by atoms with Gasteiger partial charge in [-0.25, -0.2) is 0 Å². The van der Waals surface area contributed by atoms with Gasteiger partial charge in [-0.1, -0.05) is 141 Å². The molecular weight excluding hydrogens is 689 g/mol. The molecule has 9 aromatic carbocycles. The van der Waals surface area contributed by atoms with Crippen molar-refractivity contribution in [2.45, 2.75) is 19.3 Å². The van der Waals surface area contributed by atoms with E-state index < -0.39 is 0 Å². The van der Waals surface area contributed by atoms with Crippen LogP contribution in [0.3, 0.4) is 0 Å². The molecule has 0 amide bonds. The van der Waals surface area contributed by atoms with Crippen molar-refractivity contribution < 1.29 is 0 Å². The van der Waals surface area contributed by atoms with Crippen molar-refractivity contribution in [3.8, 4) is 44.5 Å². The summed E-state index contributed by atoms with van der Waals surface area (Å²) in [5.41, 5.74) is 17.9. The smallest absolute Gasteiger partial charge is 0.0489 e. The van der Waals surface area contributed by atoms with E-state index in [1.54, 1.807) is 0 Å². The standard InChI is InChI=1S/C55H40N2/c1-55(2)48-23-8-5-14-37(48)42-21-13-22-43(54(42)55)53-40-19-11-17-35(33-26-28-51-46(30-33)38-15-6-9-24-49(38)56(51)3)44(40)32-45-36(18-12-20-41(45)53)34-27-29-52-47(31-34)39-16-7-10-25-50(39)57(52)4/h5-32H,1-4H3. The molecule has 0 radical (unpaired) electrons. The van der Waals surface area contributed by atoms with Gasteiger partial charge >= 0.3 is 0 Å². The molecule has 0 fully saturated rings. The maximum Gasteiger partial charge on any atom is 0.0489 e. The topological polar surface area (TPSA) is 9.86 Å². The van der Waals surface area contributed by atoms with Gasteiger partial charge in [0.1, 0.15) is 0 Å². The molecule has 0 N–H and O–H groups in total. The highest BCUT2D eigenvalue weighted by molar-refractivity contribution is 6.21. The Morgan fingerprint density at radius 2 is 0.772 bits per heavy atom. The predicted octanol–water partition coefficient (Wildman–Crippen LogP) is 14.6. The van der Waals surface area contributed by atoms with Gasteiger partial charge in [0.2, 0.25) is 0 Å². The van der Waals surface area contributed by atoms with E-state index in [9.17, 15) is 0 Å². The lowest BCUT2D eigenvalue weighted by molar-refractivity contribution is 0.662. The third kappa shape index (κ3) is 4.36. The van der Waals surface area contributed by atoms with Gasteiger partial charge in [-0.05, 0) is 120 Å². The molecule has 2 nitrogen and oxygen atoms in total. The molecule has 270 valence electrons. The molecule has 11 aromatic rings. The largest absolute Gasteiger partial charge is 0.344 e. The van der Waals surface area contributed by atoms with Crippen molar-refractivity contribution in [2.24, 2.45) is 14.1 Å². The van der Waals surface area contributed by atoms with Crippen LogP contribution in [0.4, 0.5) is 0 Å². The number of fused-ring (bicyclic) bond motifs is 11. The Kier molecular flexibility index (Phi) is 6.57. The number of para-hydroxylation sites is 2. The number of aromatic nitrogens is 2. The van der Waals surface area contributed by atoms with E-state index in [0.717, 1.165) is 0 Å². The van der Waals surface area contributed by atoms with E-state index in [-0.39, 0.29) is 5.41 Å². The van der Waals surface area contributed by atoms with Gasteiger partial charge in [0, 0.05) is 63.1 Å². The summed E-state index contributed by atoms with van der Waals surface area (Å²) in [5.74, 6) is 0. The van der Waals surface area contributed by atoms with Gasteiger partial charge in [-0.2, -0.15) is 0 Å². The van der Waals surface area contributed by atoms with E-state index in [1.807, 2.05) is 0 Å². The maximum absolute atomic E-state index is 2.49. The van der Waals surface area contributed by atoms with Crippen LogP contribution in [-0.2, 0) is 19.5 Å². The summed E-state index contributed by atoms with van der Waals surface area (Å²) in [6, 6.07) is 64.0. The fourth-order valence-corrected chi connectivity index (χ4v) is 10.7. The van der Waals surface area contributed by atoms with Crippen molar-refractivity contribution in [3.63, 3.8) is 0 Å². The lowest BCUT2D eigenvalue weighted by Crippen LogP contribution is -2.16. The number of rotatable bonds is 3. The molecule has 1 aliphatic carbocycles. The predicted molar refractivity (Wildman–Crippen MR) is 243 cm³/mol. The summed E-state index contributed by atoms with van der Waals surface area (Å²) >= 11 is 0. The molecule has 0 atom stereocenters. The monoisotopic (exact) mass is 728 g/mol. The molecule has 2 heteroatoms. The third-order valence-corrected chi connectivity index (χ3v) is 13.3. The summed E-state index contributed by atoms with van der Waals surface area (Å²) < 4.78 is 4.63. The van der Waals surface area contributed by atoms with Gasteiger partial charge in [0.05, 0.1) is 0 Å². The second-order valence-electron chi connectivity index (χ2n) is 16.6. The first kappa shape index (κ1) is 32.4. The van der Waals surface area contributed by atoms with Crippen LogP contribution in [0.1, 0.15) is 25.0 Å². The summed E-state index contributed by atoms with van der Waals surface area (Å²) in [6.07, 6.45) is 0. The second-order valence-corrected chi connectivity index (χ2v) is 16.6. The van der Waals surface area contributed by atoms with Crippen LogP contribution in [0.15, 0.2) is 170 Å². The highest BCUT2D eigenvalue weighted by Gasteiger charge is 2.38. The van der Waals surface area contributed by atoms with E-state index in [2.05, 4.69) is 207 Å². The Hall–Kier alpha value is -6.90. The summed E-state index contributed by atoms with van der Waals surface area (Å²) in [5, 5.41) is 10.2. The van der Waals surface area contributed by atoms with Crippen molar-refractivity contribution >= 4 is 65.2 Å². The minimum atomic E-state index is -0.162. The molecule has 1 aliphatic rings. The van der Waals surface area contributed by atoms with Crippen molar-refractivity contribution in [2.75, 3.05) is 0 Å². The zero-order chi connectivity index (χ0) is 38.2. The van der Waals surface area contributed by atoms with Crippen LogP contribution in [0, 0.1) is 0 Å². The first-order valence-electron chi connectivity index (χ1n) is 20.1. The molecule has 57 heavy (non-hydrogen) atoms. The molecule has 2 aromatic heterocycles. The number of aryl methyl sites for hydroxylation is 2. The molecule has 12 rings (SSSR count). The lowest BCUT2D eigenvalue weighted by Gasteiger charge is -2.26. The first-order chi connectivity index (χ1) is 27.9. The van der Waals surface area contributed by atoms with Crippen LogP contribution in [0.5, 0.6) is 0 Å². The summed E-state index contributed by atoms with van der Waals surface area (Å²) in [6.45, 7) is 4.81. The Labute approximate surface area is 331 Å². The van der Waals surface area contributed by atoms with Crippen molar-refractivity contribution in [3.05, 3.63) is 181 Å². The van der Waals surface area contributed by atoms with Gasteiger partial charge in [0.25, 0.3) is 0 Å². The van der Waals surface area contributed by atoms with E-state index >= 15 is 0 Å². The first-order valence-corrected chi connectivity index (χ1v) is 20.1. The normalized spacial score (nSPS) is 13.4. The molecule has 0 unspecified atom stereocenters. The molecule has 2 heterocycles. The maximum atomic E-state index is 2.49. The van der Waals surface area contributed by atoms with Crippen LogP contribution >= 0.6 is 0 Å². The molecule has 0 saturated heterocycles. The van der Waals surface area contributed by atoms with Crippen molar-refractivity contribution in [1.29, 1.82) is 0 Å². The minimum Gasteiger partial charge on any atom is -0.344 e. The van der Waals surface area contributed by atoms with E-state index in [0.29, 0.717) is 0 Å². The number of hydrogen-bond donors (Lipinski definition) is 0. The molecular formula is C55H40N2. The highest BCUT2D eigenvalue weighted by atomic mass is 14.9. The summed E-state index contributed by atoms with van der Waals surface area (Å²) in [7, 11) is 4.35. The number of hydrogen-bond acceptors (Lipinski definition) is 0. The highest BCUT2D eigenvalue weighted by Crippen LogP contribution is 2.54. The van der Waals surface area contributed by atoms with Crippen LogP contribution in [-0.4, -0.2) is 9.13 Å². The average molecular weight is 729 g/mol. The van der Waals surface area contributed by atoms with Gasteiger partial charge in [-0.15, -0.1) is 0 Å². The molecule has 0 aliphatic heterocycles. The quantitative estimate of drug-likeness (QED) is 0.160. The average Bonchev–Trinajstić information content (AvgIpc) is 3.80. The van der Waals surface area contributed by atoms with Gasteiger partial charge in [0.15, 0.2) is 0 Å². The fourth-order valence-electron chi connectivity index (χ4n) is 10.7. The van der Waals surface area contributed by atoms with Crippen LogP contribution < -0.4 is 0 Å². The Bertz CT molecular complexity index is 3340. The summed E-state index contributed by atoms with van der Waals surface area (Å²) in [4.78, 5) is 0. The van der Waals surface area contributed by atoms with E-state index in [4.69, 9.17) is 0 Å². The van der Waals surface area contributed by atoms with Crippen LogP contribution in [0.2, 0.25) is 0 Å². The zero-order valence-corrected chi connectivity index (χ0v) is 32.6. The zero-order valence-electron chi connectivity index (χ0n) is 32.6. The van der Waals surface area contributed by atoms with Crippen LogP contribution in [0.25, 0.3) is 110 Å². The molecule has 0 saturated carbocycles. The van der Waals surface area contributed by atoms with Crippen molar-refractivity contribution in [1.82, 2.24) is 9.13 Å². The minimum absolute atomic E-state index is 0.162. The molecule has 0 bridgehead atoms. The molecule has 0 spiro atoms. The van der Waals surface area contributed by atoms with Gasteiger partial charge < -0.3 is 9.13 Å². The third-order valence-electron chi connectivity index (χ3n) is 13.3. The lowest BCUT2D eigenvalue weighted by atomic mass is 9.77. The second kappa shape index (κ2) is 11.6. The number of nitrogens with zero attached hydrogens (tertiary/aromatic N) is 2. The Morgan fingerprint density at radius 1 is 0.333 bits per heavy atom. The number of benzene rings is 9. The SMILES string of the molecule is Cn1c2ccccc2c2cc(-c3cccc4c(-c5cccc6c5C(C)(C)c5ccccc5-6)c5cccc(-c6ccc7c(c6)c6ccccc6n7C)c5cc34)ccc21. The fraction of sp³-hybridized carbons (Fsp3) is 0.0909.